The van der Waals surface area contributed by atoms with Crippen molar-refractivity contribution < 1.29 is 14.3 Å². The second-order valence-electron chi connectivity index (χ2n) is 3.49. The van der Waals surface area contributed by atoms with Crippen molar-refractivity contribution in [3.8, 4) is 0 Å². The Kier molecular flexibility index (Phi) is 3.18. The van der Waals surface area contributed by atoms with Gasteiger partial charge in [0.05, 0.1) is 7.11 Å². The van der Waals surface area contributed by atoms with Crippen molar-refractivity contribution in [1.82, 2.24) is 24.9 Å². The van der Waals surface area contributed by atoms with Crippen LogP contribution in [0.15, 0.2) is 12.3 Å². The van der Waals surface area contributed by atoms with Gasteiger partial charge in [-0.15, -0.1) is 5.10 Å². The van der Waals surface area contributed by atoms with Crippen LogP contribution < -0.4 is 5.32 Å². The van der Waals surface area contributed by atoms with Crippen LogP contribution in [0, 0.1) is 6.92 Å². The molecule has 8 heteroatoms. The first-order chi connectivity index (χ1) is 8.61. The molecular weight excluding hydrogens is 238 g/mol. The Morgan fingerprint density at radius 3 is 2.94 bits per heavy atom. The lowest BCUT2D eigenvalue weighted by Gasteiger charge is -1.99. The van der Waals surface area contributed by atoms with Gasteiger partial charge in [-0.25, -0.2) is 9.50 Å². The predicted octanol–water partition coefficient (Wildman–Crippen LogP) is -0.664. The fourth-order valence-electron chi connectivity index (χ4n) is 1.31. The molecule has 1 N–H and O–H groups in total. The Bertz CT molecular complexity index is 607. The number of carbonyl (C=O) groups is 2. The highest BCUT2D eigenvalue weighted by Crippen LogP contribution is 2.01. The van der Waals surface area contributed by atoms with E-state index in [-0.39, 0.29) is 12.4 Å². The number of esters is 1. The van der Waals surface area contributed by atoms with Crippen LogP contribution in [-0.2, 0) is 9.53 Å². The van der Waals surface area contributed by atoms with Gasteiger partial charge in [-0.05, 0) is 13.0 Å². The van der Waals surface area contributed by atoms with Gasteiger partial charge < -0.3 is 10.1 Å². The van der Waals surface area contributed by atoms with E-state index < -0.39 is 11.9 Å². The summed E-state index contributed by atoms with van der Waals surface area (Å²) >= 11 is 0. The highest BCUT2D eigenvalue weighted by Gasteiger charge is 2.15. The third-order valence-electron chi connectivity index (χ3n) is 2.25. The van der Waals surface area contributed by atoms with E-state index in [0.29, 0.717) is 5.78 Å². The molecule has 2 heterocycles. The van der Waals surface area contributed by atoms with E-state index in [0.717, 1.165) is 5.69 Å². The minimum atomic E-state index is -0.551. The molecule has 0 aliphatic rings. The average Bonchev–Trinajstić information content (AvgIpc) is 2.81. The zero-order valence-corrected chi connectivity index (χ0v) is 9.88. The number of methoxy groups -OCH3 is 1. The minimum Gasteiger partial charge on any atom is -0.468 e. The quantitative estimate of drug-likeness (QED) is 0.725. The van der Waals surface area contributed by atoms with Crippen LogP contribution in [0.3, 0.4) is 0 Å². The van der Waals surface area contributed by atoms with E-state index in [4.69, 9.17) is 0 Å². The van der Waals surface area contributed by atoms with Crippen molar-refractivity contribution in [2.45, 2.75) is 6.92 Å². The smallest absolute Gasteiger partial charge is 0.325 e. The Balaban J connectivity index is 2.18. The number of rotatable bonds is 3. The Labute approximate surface area is 102 Å². The summed E-state index contributed by atoms with van der Waals surface area (Å²) in [5.74, 6) is -0.800. The number of nitrogens with one attached hydrogen (secondary N) is 1. The molecule has 18 heavy (non-hydrogen) atoms. The highest BCUT2D eigenvalue weighted by molar-refractivity contribution is 5.92. The molecule has 0 radical (unpaired) electrons. The molecule has 8 nitrogen and oxygen atoms in total. The molecule has 2 rings (SSSR count). The predicted molar refractivity (Wildman–Crippen MR) is 59.9 cm³/mol. The van der Waals surface area contributed by atoms with Crippen molar-refractivity contribution in [2.24, 2.45) is 0 Å². The summed E-state index contributed by atoms with van der Waals surface area (Å²) in [7, 11) is 1.24. The van der Waals surface area contributed by atoms with Crippen LogP contribution in [0.1, 0.15) is 16.3 Å². The van der Waals surface area contributed by atoms with Crippen molar-refractivity contribution in [3.05, 3.63) is 23.8 Å². The van der Waals surface area contributed by atoms with Crippen LogP contribution >= 0.6 is 0 Å². The molecule has 2 aromatic heterocycles. The van der Waals surface area contributed by atoms with Gasteiger partial charge in [0.15, 0.2) is 0 Å². The van der Waals surface area contributed by atoms with Gasteiger partial charge in [0, 0.05) is 11.9 Å². The number of ether oxygens (including phenoxy) is 1. The van der Waals surface area contributed by atoms with Gasteiger partial charge in [-0.1, -0.05) is 0 Å². The zero-order chi connectivity index (χ0) is 13.1. The number of aryl methyl sites for hydroxylation is 1. The van der Waals surface area contributed by atoms with Crippen molar-refractivity contribution in [2.75, 3.05) is 13.7 Å². The summed E-state index contributed by atoms with van der Waals surface area (Å²) < 4.78 is 5.85. The molecule has 0 aliphatic heterocycles. The molecule has 2 aromatic rings. The maximum absolute atomic E-state index is 11.7. The summed E-state index contributed by atoms with van der Waals surface area (Å²) in [5.41, 5.74) is 0.805. The Morgan fingerprint density at radius 2 is 2.28 bits per heavy atom. The summed E-state index contributed by atoms with van der Waals surface area (Å²) in [6, 6.07) is 1.75. The molecule has 94 valence electrons. The van der Waals surface area contributed by atoms with Gasteiger partial charge in [0.1, 0.15) is 6.54 Å². The number of aromatic nitrogens is 4. The second-order valence-corrected chi connectivity index (χ2v) is 3.49. The van der Waals surface area contributed by atoms with Crippen LogP contribution in [0.2, 0.25) is 0 Å². The first-order valence-corrected chi connectivity index (χ1v) is 5.15. The van der Waals surface area contributed by atoms with Crippen LogP contribution in [0.5, 0.6) is 0 Å². The first kappa shape index (κ1) is 12.0. The monoisotopic (exact) mass is 249 g/mol. The fraction of sp³-hybridized carbons (Fsp3) is 0.300. The van der Waals surface area contributed by atoms with E-state index in [1.54, 1.807) is 12.3 Å². The van der Waals surface area contributed by atoms with Crippen molar-refractivity contribution in [1.29, 1.82) is 0 Å². The van der Waals surface area contributed by atoms with Gasteiger partial charge in [0.25, 0.3) is 11.7 Å². The minimum absolute atomic E-state index is 0.0410. The molecule has 0 saturated carbocycles. The summed E-state index contributed by atoms with van der Waals surface area (Å²) in [6.07, 6.45) is 1.58. The van der Waals surface area contributed by atoms with Crippen LogP contribution in [0.4, 0.5) is 0 Å². The first-order valence-electron chi connectivity index (χ1n) is 5.15. The molecule has 0 aliphatic carbocycles. The Morgan fingerprint density at radius 1 is 1.50 bits per heavy atom. The molecule has 0 spiro atoms. The maximum Gasteiger partial charge on any atom is 0.325 e. The Hall–Kier alpha value is -2.51. The number of fused-ring (bicyclic) bond motifs is 1. The molecular formula is C10H11N5O3. The standard InChI is InChI=1S/C10H11N5O3/c1-6-3-4-11-10-13-8(14-15(6)10)9(17)12-5-7(16)18-2/h3-4H,5H2,1-2H3,(H,12,17). The number of hydrogen-bond acceptors (Lipinski definition) is 6. The van der Waals surface area contributed by atoms with E-state index >= 15 is 0 Å². The van der Waals surface area contributed by atoms with E-state index in [1.807, 2.05) is 6.92 Å². The molecule has 0 aromatic carbocycles. The third-order valence-corrected chi connectivity index (χ3v) is 2.25. The van der Waals surface area contributed by atoms with E-state index in [2.05, 4.69) is 25.1 Å². The summed E-state index contributed by atoms with van der Waals surface area (Å²) in [4.78, 5) is 30.5. The van der Waals surface area contributed by atoms with Crippen molar-refractivity contribution >= 4 is 17.7 Å². The highest BCUT2D eigenvalue weighted by atomic mass is 16.5. The van der Waals surface area contributed by atoms with E-state index in [9.17, 15) is 9.59 Å². The molecule has 0 bridgehead atoms. The lowest BCUT2D eigenvalue weighted by Crippen LogP contribution is -2.30. The van der Waals surface area contributed by atoms with Gasteiger partial charge in [0.2, 0.25) is 5.82 Å². The summed E-state index contributed by atoms with van der Waals surface area (Å²) in [6.45, 7) is 1.59. The van der Waals surface area contributed by atoms with E-state index in [1.165, 1.54) is 11.6 Å². The zero-order valence-electron chi connectivity index (χ0n) is 9.88. The lowest BCUT2D eigenvalue weighted by molar-refractivity contribution is -0.139. The van der Waals surface area contributed by atoms with Crippen molar-refractivity contribution in [3.63, 3.8) is 0 Å². The molecule has 0 unspecified atom stereocenters. The van der Waals surface area contributed by atoms with Gasteiger partial charge >= 0.3 is 5.97 Å². The SMILES string of the molecule is COC(=O)CNC(=O)c1nc2nccc(C)n2n1. The third kappa shape index (κ3) is 2.26. The molecule has 0 fully saturated rings. The number of carbonyl (C=O) groups excluding carboxylic acids is 2. The fourth-order valence-corrected chi connectivity index (χ4v) is 1.31. The number of hydrogen-bond donors (Lipinski definition) is 1. The second kappa shape index (κ2) is 4.78. The molecule has 1 amide bonds. The lowest BCUT2D eigenvalue weighted by atomic mass is 10.5. The van der Waals surface area contributed by atoms with Gasteiger partial charge in [-0.2, -0.15) is 4.98 Å². The average molecular weight is 249 g/mol. The van der Waals surface area contributed by atoms with Crippen LogP contribution in [-0.4, -0.2) is 45.1 Å². The largest absolute Gasteiger partial charge is 0.468 e. The maximum atomic E-state index is 11.7. The molecule has 0 atom stereocenters. The summed E-state index contributed by atoms with van der Waals surface area (Å²) in [5, 5.41) is 6.35. The van der Waals surface area contributed by atoms with Gasteiger partial charge in [-0.3, -0.25) is 9.59 Å². The normalized spacial score (nSPS) is 10.3. The number of nitrogens with zero attached hydrogens (tertiary/aromatic N) is 4. The topological polar surface area (TPSA) is 98.5 Å². The van der Waals surface area contributed by atoms with Crippen LogP contribution in [0.25, 0.3) is 5.78 Å². The number of amides is 1. The molecule has 0 saturated heterocycles.